The fourth-order valence-corrected chi connectivity index (χ4v) is 3.19. The molecule has 0 radical (unpaired) electrons. The van der Waals surface area contributed by atoms with E-state index in [4.69, 9.17) is 9.15 Å². The third kappa shape index (κ3) is 2.04. The average Bonchev–Trinajstić information content (AvgIpc) is 2.78. The minimum atomic E-state index is -0.281. The molecule has 2 aromatic rings. The lowest BCUT2D eigenvalue weighted by molar-refractivity contribution is 0.397. The van der Waals surface area contributed by atoms with Gasteiger partial charge in [0.2, 0.25) is 0 Å². The Hall–Kier alpha value is -1.33. The van der Waals surface area contributed by atoms with Crippen LogP contribution in [-0.4, -0.2) is 13.7 Å². The third-order valence-corrected chi connectivity index (χ3v) is 4.13. The first-order valence-electron chi connectivity index (χ1n) is 6.13. The molecule has 1 atom stereocenters. The van der Waals surface area contributed by atoms with Crippen LogP contribution in [0.3, 0.4) is 0 Å². The van der Waals surface area contributed by atoms with Crippen molar-refractivity contribution in [1.29, 1.82) is 0 Å². The molecule has 4 nitrogen and oxygen atoms in total. The molecule has 2 heterocycles. The molecule has 0 aliphatic carbocycles. The van der Waals surface area contributed by atoms with Crippen molar-refractivity contribution in [3.63, 3.8) is 0 Å². The van der Waals surface area contributed by atoms with E-state index in [0.29, 0.717) is 17.4 Å². The summed E-state index contributed by atoms with van der Waals surface area (Å²) >= 11 is 1.13. The molecular formula is C13H15NO3S. The lowest BCUT2D eigenvalue weighted by Gasteiger charge is -2.24. The van der Waals surface area contributed by atoms with Crippen molar-refractivity contribution < 1.29 is 9.15 Å². The predicted molar refractivity (Wildman–Crippen MR) is 71.5 cm³/mol. The molecule has 5 heteroatoms. The summed E-state index contributed by atoms with van der Waals surface area (Å²) in [5.41, 5.74) is 1.74. The SMILES string of the molecule is COc1cc(C2CCCCN2)cc2sc(=O)oc12. The fourth-order valence-electron chi connectivity index (χ4n) is 2.46. The topological polar surface area (TPSA) is 51.5 Å². The van der Waals surface area contributed by atoms with Crippen LogP contribution < -0.4 is 15.0 Å². The zero-order valence-electron chi connectivity index (χ0n) is 10.2. The molecule has 1 aromatic heterocycles. The molecule has 0 spiro atoms. The van der Waals surface area contributed by atoms with Gasteiger partial charge >= 0.3 is 4.94 Å². The molecule has 1 aromatic carbocycles. The quantitative estimate of drug-likeness (QED) is 0.907. The standard InChI is InChI=1S/C13H15NO3S/c1-16-10-6-8(9-4-2-3-5-14-9)7-11-12(10)17-13(15)18-11/h6-7,9,14H,2-5H2,1H3. The lowest BCUT2D eigenvalue weighted by Crippen LogP contribution is -2.26. The molecule has 1 N–H and O–H groups in total. The van der Waals surface area contributed by atoms with E-state index in [1.165, 1.54) is 18.4 Å². The van der Waals surface area contributed by atoms with Crippen molar-refractivity contribution in [3.8, 4) is 5.75 Å². The zero-order chi connectivity index (χ0) is 12.5. The molecular weight excluding hydrogens is 250 g/mol. The Kier molecular flexibility index (Phi) is 3.09. The van der Waals surface area contributed by atoms with Crippen LogP contribution in [-0.2, 0) is 0 Å². The highest BCUT2D eigenvalue weighted by atomic mass is 32.1. The van der Waals surface area contributed by atoms with Gasteiger partial charge in [-0.2, -0.15) is 0 Å². The minimum Gasteiger partial charge on any atom is -0.493 e. The van der Waals surface area contributed by atoms with Crippen LogP contribution >= 0.6 is 11.3 Å². The number of piperidine rings is 1. The van der Waals surface area contributed by atoms with Gasteiger partial charge in [0.15, 0.2) is 11.3 Å². The molecule has 0 amide bonds. The van der Waals surface area contributed by atoms with Crippen LogP contribution in [0.1, 0.15) is 30.9 Å². The number of hydrogen-bond acceptors (Lipinski definition) is 5. The molecule has 3 rings (SSSR count). The molecule has 0 bridgehead atoms. The largest absolute Gasteiger partial charge is 0.493 e. The first-order valence-corrected chi connectivity index (χ1v) is 6.94. The molecule has 1 saturated heterocycles. The molecule has 0 saturated carbocycles. The Bertz CT molecular complexity index is 610. The van der Waals surface area contributed by atoms with Crippen molar-refractivity contribution in [2.24, 2.45) is 0 Å². The minimum absolute atomic E-state index is 0.281. The normalized spacial score (nSPS) is 20.2. The van der Waals surface area contributed by atoms with Crippen molar-refractivity contribution in [1.82, 2.24) is 5.32 Å². The van der Waals surface area contributed by atoms with Crippen molar-refractivity contribution in [2.45, 2.75) is 25.3 Å². The van der Waals surface area contributed by atoms with Crippen LogP contribution in [0.4, 0.5) is 0 Å². The maximum atomic E-state index is 11.3. The highest BCUT2D eigenvalue weighted by Gasteiger charge is 2.18. The van der Waals surface area contributed by atoms with Gasteiger partial charge in [0.25, 0.3) is 0 Å². The summed E-state index contributed by atoms with van der Waals surface area (Å²) in [6, 6.07) is 4.37. The fraction of sp³-hybridized carbons (Fsp3) is 0.462. The summed E-state index contributed by atoms with van der Waals surface area (Å²) in [6.45, 7) is 1.05. The van der Waals surface area contributed by atoms with E-state index in [1.54, 1.807) is 7.11 Å². The van der Waals surface area contributed by atoms with Crippen LogP contribution in [0.25, 0.3) is 10.3 Å². The van der Waals surface area contributed by atoms with Gasteiger partial charge in [0.1, 0.15) is 0 Å². The van der Waals surface area contributed by atoms with Gasteiger partial charge in [-0.3, -0.25) is 0 Å². The van der Waals surface area contributed by atoms with Gasteiger partial charge < -0.3 is 14.5 Å². The zero-order valence-corrected chi connectivity index (χ0v) is 11.0. The van der Waals surface area contributed by atoms with Gasteiger partial charge in [0, 0.05) is 6.04 Å². The predicted octanol–water partition coefficient (Wildman–Crippen LogP) is 2.68. The van der Waals surface area contributed by atoms with E-state index in [2.05, 4.69) is 5.32 Å². The van der Waals surface area contributed by atoms with E-state index in [1.807, 2.05) is 12.1 Å². The van der Waals surface area contributed by atoms with Gasteiger partial charge in [-0.25, -0.2) is 4.79 Å². The number of benzene rings is 1. The molecule has 1 aliphatic heterocycles. The van der Waals surface area contributed by atoms with Crippen LogP contribution in [0.15, 0.2) is 21.3 Å². The first-order chi connectivity index (χ1) is 8.78. The van der Waals surface area contributed by atoms with Gasteiger partial charge in [0.05, 0.1) is 11.8 Å². The van der Waals surface area contributed by atoms with E-state index in [9.17, 15) is 4.79 Å². The van der Waals surface area contributed by atoms with E-state index in [-0.39, 0.29) is 4.94 Å². The average molecular weight is 265 g/mol. The number of methoxy groups -OCH3 is 1. The summed E-state index contributed by atoms with van der Waals surface area (Å²) in [7, 11) is 1.60. The van der Waals surface area contributed by atoms with Crippen molar-refractivity contribution >= 4 is 21.6 Å². The summed E-state index contributed by atoms with van der Waals surface area (Å²) in [6.07, 6.45) is 3.59. The van der Waals surface area contributed by atoms with Crippen LogP contribution in [0, 0.1) is 0 Å². The van der Waals surface area contributed by atoms with E-state index in [0.717, 1.165) is 29.0 Å². The molecule has 18 heavy (non-hydrogen) atoms. The highest BCUT2D eigenvalue weighted by Crippen LogP contribution is 2.33. The number of nitrogens with one attached hydrogen (secondary N) is 1. The van der Waals surface area contributed by atoms with Crippen LogP contribution in [0.5, 0.6) is 5.75 Å². The van der Waals surface area contributed by atoms with Gasteiger partial charge in [-0.15, -0.1) is 0 Å². The highest BCUT2D eigenvalue weighted by molar-refractivity contribution is 7.16. The van der Waals surface area contributed by atoms with Crippen molar-refractivity contribution in [3.05, 3.63) is 27.4 Å². The number of rotatable bonds is 2. The molecule has 96 valence electrons. The number of hydrogen-bond donors (Lipinski definition) is 1. The summed E-state index contributed by atoms with van der Waals surface area (Å²) < 4.78 is 11.3. The number of fused-ring (bicyclic) bond motifs is 1. The van der Waals surface area contributed by atoms with E-state index < -0.39 is 0 Å². The lowest BCUT2D eigenvalue weighted by atomic mass is 9.97. The Balaban J connectivity index is 2.09. The second-order valence-electron chi connectivity index (χ2n) is 4.51. The Morgan fingerprint density at radius 2 is 2.33 bits per heavy atom. The summed E-state index contributed by atoms with van der Waals surface area (Å²) in [4.78, 5) is 11.0. The molecule has 1 unspecified atom stereocenters. The monoisotopic (exact) mass is 265 g/mol. The number of ether oxygens (including phenoxy) is 1. The van der Waals surface area contributed by atoms with E-state index >= 15 is 0 Å². The molecule has 1 fully saturated rings. The van der Waals surface area contributed by atoms with Crippen molar-refractivity contribution in [2.75, 3.05) is 13.7 Å². The van der Waals surface area contributed by atoms with Gasteiger partial charge in [-0.05, 0) is 37.1 Å². The smallest absolute Gasteiger partial charge is 0.396 e. The van der Waals surface area contributed by atoms with Crippen LogP contribution in [0.2, 0.25) is 0 Å². The maximum Gasteiger partial charge on any atom is 0.396 e. The summed E-state index contributed by atoms with van der Waals surface area (Å²) in [5.74, 6) is 0.647. The second kappa shape index (κ2) is 4.74. The van der Waals surface area contributed by atoms with Gasteiger partial charge in [-0.1, -0.05) is 17.8 Å². The third-order valence-electron chi connectivity index (χ3n) is 3.35. The maximum absolute atomic E-state index is 11.3. The first kappa shape index (κ1) is 11.7. The molecule has 1 aliphatic rings. The Labute approximate surface area is 109 Å². The summed E-state index contributed by atoms with van der Waals surface area (Å²) in [5, 5.41) is 3.50. The second-order valence-corrected chi connectivity index (χ2v) is 5.48. The Morgan fingerprint density at radius 1 is 1.44 bits per heavy atom. The Morgan fingerprint density at radius 3 is 3.06 bits per heavy atom.